The molecule has 2 aliphatic rings. The quantitative estimate of drug-likeness (QED) is 0.564. The third-order valence-electron chi connectivity index (χ3n) is 5.67. The third kappa shape index (κ3) is 4.30. The number of hydrogen-bond donors (Lipinski definition) is 1. The number of rotatable bonds is 6. The van der Waals surface area contributed by atoms with Gasteiger partial charge in [0.25, 0.3) is 11.6 Å². The third-order valence-corrected chi connectivity index (χ3v) is 6.69. The molecule has 0 unspecified atom stereocenters. The fraction of sp³-hybridized carbons (Fsp3) is 0.429. The number of nitrogens with zero attached hydrogens (tertiary/aromatic N) is 3. The Morgan fingerprint density at radius 3 is 2.73 bits per heavy atom. The molecule has 2 aliphatic heterocycles. The van der Waals surface area contributed by atoms with Crippen molar-refractivity contribution in [3.05, 3.63) is 55.8 Å². The number of thiophene rings is 1. The maximum Gasteiger partial charge on any atom is 0.293 e. The van der Waals surface area contributed by atoms with Crippen molar-refractivity contribution in [2.24, 2.45) is 0 Å². The van der Waals surface area contributed by atoms with Crippen molar-refractivity contribution in [2.75, 3.05) is 31.1 Å². The van der Waals surface area contributed by atoms with Gasteiger partial charge in [0, 0.05) is 55.7 Å². The standard InChI is InChI=1S/C21H24N4O4S/c26-20(24-11-6-19-16(14-24)7-12-30-19)5-8-22-21(27)15-3-4-17(18(13-15)25(28)29)23-9-1-2-10-23/h3-4,7,12-13H,1-2,5-6,8-11,14H2,(H,22,27). The number of benzene rings is 1. The second-order valence-electron chi connectivity index (χ2n) is 7.59. The molecular weight excluding hydrogens is 404 g/mol. The first-order valence-corrected chi connectivity index (χ1v) is 11.1. The average molecular weight is 429 g/mol. The number of nitro benzene ring substituents is 1. The van der Waals surface area contributed by atoms with Crippen molar-refractivity contribution in [1.29, 1.82) is 0 Å². The van der Waals surface area contributed by atoms with Gasteiger partial charge in [0.05, 0.1) is 4.92 Å². The largest absolute Gasteiger partial charge is 0.366 e. The zero-order chi connectivity index (χ0) is 21.1. The van der Waals surface area contributed by atoms with Crippen LogP contribution in [-0.4, -0.2) is 47.8 Å². The molecule has 0 spiro atoms. The van der Waals surface area contributed by atoms with Gasteiger partial charge in [0.2, 0.25) is 5.91 Å². The summed E-state index contributed by atoms with van der Waals surface area (Å²) in [6.07, 6.45) is 3.10. The minimum atomic E-state index is -0.441. The molecule has 1 aromatic heterocycles. The average Bonchev–Trinajstić information content (AvgIpc) is 3.44. The number of carbonyl (C=O) groups excluding carboxylic acids is 2. The van der Waals surface area contributed by atoms with E-state index in [1.165, 1.54) is 16.5 Å². The van der Waals surface area contributed by atoms with Crippen LogP contribution in [-0.2, 0) is 17.8 Å². The Kier molecular flexibility index (Phi) is 5.98. The maximum absolute atomic E-state index is 12.5. The molecule has 1 aromatic carbocycles. The van der Waals surface area contributed by atoms with Crippen molar-refractivity contribution in [3.8, 4) is 0 Å². The molecule has 30 heavy (non-hydrogen) atoms. The Bertz CT molecular complexity index is 968. The number of fused-ring (bicyclic) bond motifs is 1. The lowest BCUT2D eigenvalue weighted by atomic mass is 10.1. The first-order valence-electron chi connectivity index (χ1n) is 10.2. The van der Waals surface area contributed by atoms with Crippen molar-refractivity contribution < 1.29 is 14.5 Å². The zero-order valence-corrected chi connectivity index (χ0v) is 17.5. The van der Waals surface area contributed by atoms with Gasteiger partial charge in [-0.2, -0.15) is 0 Å². The molecule has 0 saturated carbocycles. The summed E-state index contributed by atoms with van der Waals surface area (Å²) < 4.78 is 0. The van der Waals surface area contributed by atoms with Gasteiger partial charge in [-0.1, -0.05) is 0 Å². The highest BCUT2D eigenvalue weighted by molar-refractivity contribution is 7.10. The summed E-state index contributed by atoms with van der Waals surface area (Å²) in [5.41, 5.74) is 1.94. The molecule has 1 saturated heterocycles. The van der Waals surface area contributed by atoms with Gasteiger partial charge in [0.15, 0.2) is 0 Å². The highest BCUT2D eigenvalue weighted by Gasteiger charge is 2.24. The minimum Gasteiger partial charge on any atom is -0.366 e. The Morgan fingerprint density at radius 1 is 1.17 bits per heavy atom. The SMILES string of the molecule is O=C(NCCC(=O)N1CCc2sccc2C1)c1ccc(N2CCCC2)c([N+](=O)[O-])c1. The van der Waals surface area contributed by atoms with E-state index in [2.05, 4.69) is 11.4 Å². The molecule has 8 nitrogen and oxygen atoms in total. The second-order valence-corrected chi connectivity index (χ2v) is 8.60. The van der Waals surface area contributed by atoms with E-state index in [9.17, 15) is 19.7 Å². The summed E-state index contributed by atoms with van der Waals surface area (Å²) in [4.78, 5) is 41.1. The predicted octanol–water partition coefficient (Wildman–Crippen LogP) is 2.96. The second kappa shape index (κ2) is 8.83. The van der Waals surface area contributed by atoms with E-state index in [-0.39, 0.29) is 30.1 Å². The van der Waals surface area contributed by atoms with Gasteiger partial charge in [-0.05, 0) is 48.4 Å². The Hall–Kier alpha value is -2.94. The predicted molar refractivity (Wildman–Crippen MR) is 115 cm³/mol. The normalized spacial score (nSPS) is 15.7. The van der Waals surface area contributed by atoms with Gasteiger partial charge < -0.3 is 15.1 Å². The van der Waals surface area contributed by atoms with Crippen LogP contribution >= 0.6 is 11.3 Å². The first-order chi connectivity index (χ1) is 14.5. The smallest absolute Gasteiger partial charge is 0.293 e. The molecule has 2 amide bonds. The molecule has 0 bridgehead atoms. The van der Waals surface area contributed by atoms with Crippen molar-refractivity contribution in [3.63, 3.8) is 0 Å². The molecule has 3 heterocycles. The minimum absolute atomic E-state index is 0.00233. The van der Waals surface area contributed by atoms with Crippen LogP contribution in [0.2, 0.25) is 0 Å². The molecule has 0 atom stereocenters. The maximum atomic E-state index is 12.5. The van der Waals surface area contributed by atoms with Gasteiger partial charge in [-0.15, -0.1) is 11.3 Å². The van der Waals surface area contributed by atoms with E-state index in [0.717, 1.165) is 32.4 Å². The van der Waals surface area contributed by atoms with Crippen LogP contribution in [0.1, 0.15) is 40.1 Å². The van der Waals surface area contributed by atoms with E-state index < -0.39 is 10.8 Å². The van der Waals surface area contributed by atoms with Crippen molar-refractivity contribution in [1.82, 2.24) is 10.2 Å². The van der Waals surface area contributed by atoms with E-state index in [4.69, 9.17) is 0 Å². The molecule has 158 valence electrons. The molecule has 0 radical (unpaired) electrons. The van der Waals surface area contributed by atoms with Crippen LogP contribution in [0.25, 0.3) is 0 Å². The fourth-order valence-corrected chi connectivity index (χ4v) is 4.93. The summed E-state index contributed by atoms with van der Waals surface area (Å²) in [5.74, 6) is -0.403. The molecule has 1 N–H and O–H groups in total. The van der Waals surface area contributed by atoms with Crippen LogP contribution in [0.15, 0.2) is 29.6 Å². The van der Waals surface area contributed by atoms with E-state index in [1.54, 1.807) is 23.5 Å². The van der Waals surface area contributed by atoms with E-state index in [0.29, 0.717) is 18.8 Å². The van der Waals surface area contributed by atoms with Gasteiger partial charge in [-0.25, -0.2) is 0 Å². The van der Waals surface area contributed by atoms with Crippen LogP contribution in [0.3, 0.4) is 0 Å². The van der Waals surface area contributed by atoms with Crippen LogP contribution in [0, 0.1) is 10.1 Å². The number of nitrogens with one attached hydrogen (secondary N) is 1. The van der Waals surface area contributed by atoms with Crippen LogP contribution < -0.4 is 10.2 Å². The topological polar surface area (TPSA) is 95.8 Å². The molecule has 9 heteroatoms. The summed E-state index contributed by atoms with van der Waals surface area (Å²) in [6.45, 7) is 3.10. The molecule has 2 aromatic rings. The Morgan fingerprint density at radius 2 is 1.97 bits per heavy atom. The summed E-state index contributed by atoms with van der Waals surface area (Å²) >= 11 is 1.72. The highest BCUT2D eigenvalue weighted by Crippen LogP contribution is 2.31. The Labute approximate surface area is 178 Å². The number of nitro groups is 1. The van der Waals surface area contributed by atoms with Crippen molar-refractivity contribution in [2.45, 2.75) is 32.2 Å². The number of anilines is 1. The summed E-state index contributed by atoms with van der Waals surface area (Å²) in [5, 5.41) is 16.3. The van der Waals surface area contributed by atoms with Gasteiger partial charge in [0.1, 0.15) is 5.69 Å². The number of carbonyl (C=O) groups is 2. The Balaban J connectivity index is 1.33. The van der Waals surface area contributed by atoms with Crippen LogP contribution in [0.5, 0.6) is 0 Å². The van der Waals surface area contributed by atoms with Gasteiger partial charge >= 0.3 is 0 Å². The zero-order valence-electron chi connectivity index (χ0n) is 16.6. The summed E-state index contributed by atoms with van der Waals surface area (Å²) in [7, 11) is 0. The molecule has 4 rings (SSSR count). The monoisotopic (exact) mass is 428 g/mol. The number of hydrogen-bond acceptors (Lipinski definition) is 6. The van der Waals surface area contributed by atoms with E-state index in [1.807, 2.05) is 15.2 Å². The van der Waals surface area contributed by atoms with Gasteiger partial charge in [-0.3, -0.25) is 19.7 Å². The number of amides is 2. The van der Waals surface area contributed by atoms with Crippen LogP contribution in [0.4, 0.5) is 11.4 Å². The summed E-state index contributed by atoms with van der Waals surface area (Å²) in [6, 6.07) is 6.64. The fourth-order valence-electron chi connectivity index (χ4n) is 4.04. The molecule has 0 aliphatic carbocycles. The molecular formula is C21H24N4O4S. The van der Waals surface area contributed by atoms with Crippen molar-refractivity contribution >= 4 is 34.5 Å². The first kappa shape index (κ1) is 20.3. The highest BCUT2D eigenvalue weighted by atomic mass is 32.1. The van der Waals surface area contributed by atoms with E-state index >= 15 is 0 Å². The molecule has 1 fully saturated rings. The lowest BCUT2D eigenvalue weighted by Crippen LogP contribution is -2.37. The lowest BCUT2D eigenvalue weighted by molar-refractivity contribution is -0.384. The lowest BCUT2D eigenvalue weighted by Gasteiger charge is -2.27.